The maximum absolute atomic E-state index is 13.8. The van der Waals surface area contributed by atoms with Crippen LogP contribution in [0.15, 0.2) is 178 Å². The third kappa shape index (κ3) is 21.2. The second-order valence-electron chi connectivity index (χ2n) is 35.3. The topological polar surface area (TPSA) is 371 Å². The van der Waals surface area contributed by atoms with Gasteiger partial charge in [0.05, 0.1) is 62.5 Å². The lowest BCUT2D eigenvalue weighted by Crippen LogP contribution is -2.44. The van der Waals surface area contributed by atoms with E-state index in [2.05, 4.69) is 57.3 Å². The van der Waals surface area contributed by atoms with E-state index in [9.17, 15) is 43.3 Å². The number of aryl methyl sites for hydroxylation is 4. The molecule has 35 heteroatoms. The van der Waals surface area contributed by atoms with Crippen LogP contribution in [0.1, 0.15) is 163 Å². The minimum Gasteiger partial charge on any atom is -0.475 e. The van der Waals surface area contributed by atoms with E-state index in [-0.39, 0.29) is 100 Å². The van der Waals surface area contributed by atoms with Gasteiger partial charge in [0.15, 0.2) is 32.0 Å². The Hall–Kier alpha value is -10.3. The molecule has 22 rings (SSSR count). The molecule has 129 heavy (non-hydrogen) atoms. The maximum Gasteiger partial charge on any atom is 0.333 e. The first-order chi connectivity index (χ1) is 62.6. The second-order valence-corrected chi connectivity index (χ2v) is 42.3. The fourth-order valence-corrected chi connectivity index (χ4v) is 24.3. The van der Waals surface area contributed by atoms with Crippen LogP contribution in [-0.4, -0.2) is 192 Å². The summed E-state index contributed by atoms with van der Waals surface area (Å²) in [5, 5.41) is 24.7. The minimum atomic E-state index is -4.13. The molecular formula is C94H117N17O14S4. The molecule has 6 aromatic carbocycles. The van der Waals surface area contributed by atoms with E-state index in [1.807, 2.05) is 121 Å². The van der Waals surface area contributed by atoms with E-state index in [0.29, 0.717) is 45.3 Å². The molecule has 11 heterocycles. The smallest absolute Gasteiger partial charge is 0.333 e. The Morgan fingerprint density at radius 2 is 0.713 bits per heavy atom. The van der Waals surface area contributed by atoms with Gasteiger partial charge in [-0.2, -0.15) is 29.0 Å². The number of carbonyl (C=O) groups excluding carboxylic acids is 2. The number of nitrogens with zero attached hydrogens (tertiary/aromatic N) is 13. The van der Waals surface area contributed by atoms with Gasteiger partial charge in [0.2, 0.25) is 33.5 Å². The molecule has 1 saturated carbocycles. The lowest BCUT2D eigenvalue weighted by Gasteiger charge is -2.31. The highest BCUT2D eigenvalue weighted by molar-refractivity contribution is 7.90. The van der Waals surface area contributed by atoms with Gasteiger partial charge in [-0.1, -0.05) is 166 Å². The lowest BCUT2D eigenvalue weighted by molar-refractivity contribution is -0.123. The van der Waals surface area contributed by atoms with Gasteiger partial charge in [-0.25, -0.2) is 67.1 Å². The van der Waals surface area contributed by atoms with Crippen LogP contribution in [0.4, 0.5) is 16.2 Å². The van der Waals surface area contributed by atoms with Gasteiger partial charge in [0, 0.05) is 37.6 Å². The number of amides is 2. The Morgan fingerprint density at radius 1 is 0.395 bits per heavy atom. The second kappa shape index (κ2) is 40.6. The number of nitrogens with two attached hydrogens (primary N) is 2. The molecule has 0 spiro atoms. The molecule has 3 saturated heterocycles. The summed E-state index contributed by atoms with van der Waals surface area (Å²) < 4.78 is 137. The predicted octanol–water partition coefficient (Wildman–Crippen LogP) is 11.2. The number of carbonyl (C=O) groups is 2. The number of fused-ring (bicyclic) bond motifs is 8. The highest BCUT2D eigenvalue weighted by Gasteiger charge is 2.40. The van der Waals surface area contributed by atoms with Crippen LogP contribution in [0.2, 0.25) is 0 Å². The van der Waals surface area contributed by atoms with Crippen LogP contribution in [0, 0.1) is 0 Å². The van der Waals surface area contributed by atoms with Gasteiger partial charge in [0.25, 0.3) is 30.1 Å². The number of primary sulfonamides is 1. The molecule has 3 atom stereocenters. The van der Waals surface area contributed by atoms with Crippen molar-refractivity contribution in [1.82, 2.24) is 67.2 Å². The zero-order valence-corrected chi connectivity index (χ0v) is 76.3. The van der Waals surface area contributed by atoms with Crippen molar-refractivity contribution in [2.45, 2.75) is 238 Å². The zero-order chi connectivity index (χ0) is 89.2. The Morgan fingerprint density at radius 3 is 1.09 bits per heavy atom. The van der Waals surface area contributed by atoms with Crippen molar-refractivity contribution in [2.24, 2.45) is 5.14 Å². The van der Waals surface area contributed by atoms with Crippen molar-refractivity contribution in [3.63, 3.8) is 0 Å². The molecule has 4 fully saturated rings. The van der Waals surface area contributed by atoms with Gasteiger partial charge in [0.1, 0.15) is 26.4 Å². The number of nitrogen functional groups attached to an aromatic ring is 1. The third-order valence-corrected chi connectivity index (χ3v) is 32.2. The number of rotatable bonds is 19. The van der Waals surface area contributed by atoms with E-state index in [0.717, 1.165) is 123 Å². The first-order valence-electron chi connectivity index (χ1n) is 45.7. The van der Waals surface area contributed by atoms with Crippen molar-refractivity contribution in [3.8, 4) is 23.5 Å². The van der Waals surface area contributed by atoms with Crippen molar-refractivity contribution in [2.75, 3.05) is 76.7 Å². The van der Waals surface area contributed by atoms with E-state index >= 15 is 0 Å². The van der Waals surface area contributed by atoms with Crippen LogP contribution in [0.3, 0.4) is 0 Å². The molecular weight excluding hydrogens is 1720 g/mol. The number of aromatic nitrogens is 8. The summed E-state index contributed by atoms with van der Waals surface area (Å²) in [4.78, 5) is 31.5. The number of ether oxygens (including phenoxy) is 4. The monoisotopic (exact) mass is 1840 g/mol. The normalized spacial score (nSPS) is 19.7. The largest absolute Gasteiger partial charge is 0.475 e. The number of likely N-dealkylation sites (tertiary alicyclic amines) is 3. The summed E-state index contributed by atoms with van der Waals surface area (Å²) in [5.74, 6) is 0.794. The summed E-state index contributed by atoms with van der Waals surface area (Å²) in [6.45, 7) is 10.5. The molecule has 10 aromatic rings. The van der Waals surface area contributed by atoms with E-state index in [4.69, 9.17) is 29.8 Å². The summed E-state index contributed by atoms with van der Waals surface area (Å²) in [7, 11) is -15.6. The number of hydrogen-bond acceptors (Lipinski definition) is 22. The standard InChI is InChI=1S/C24H28N4O3S.C23H29N5O4S.C20H19N3O4S.C12H15N.C10H16N4O3S.C5H10/c29-32(30,23-15-25-28-18-22(19-31-24(23)28)26-13-7-8-14-26)27(16-20-9-3-1-4-10-20)17-21-11-5-2-6-12-21;29-23(25-21-18-7-3-5-15(18)11-16-6-4-8-19(16)21)26-33(30,31)20-12-24-28-13-17(14-32-22(20)28)27-9-1-2-10-27;24-18-14-23-20(27-15-18)19(11-21-23)28(25,26)22(12-16-7-3-1-4-8-16)13-17-9-5-2-6-10-17;13-12-10-5-1-3-8(10)7-9-4-2-6-11(9)12;11-18(15,16)9-5-12-14-6-8(7-17-10(9)14)13-3-1-2-4-13;1-2-4-5-3-1/h1-6,9-12,15,22H,7-8,13-14,16-19H2;11-12,17H,1-10,13-14H2,(H2,25,26,29);1-11H,12-15H2;7H,1-6,13H2;5,8H,1-4,6-7H2,(H2,11,15,16);1-5H2. The summed E-state index contributed by atoms with van der Waals surface area (Å²) in [6, 6.07) is 42.8. The lowest BCUT2D eigenvalue weighted by atomic mass is 9.99. The van der Waals surface area contributed by atoms with Gasteiger partial charge in [-0.15, -0.1) is 0 Å². The number of sulfonamides is 4. The molecule has 5 aliphatic carbocycles. The van der Waals surface area contributed by atoms with Gasteiger partial charge in [-0.3, -0.25) is 19.5 Å². The van der Waals surface area contributed by atoms with E-state index in [1.54, 1.807) is 14.0 Å². The number of nitrogens with one attached hydrogen (secondary N) is 2. The Balaban J connectivity index is 0.000000115. The molecule has 12 aliphatic rings. The van der Waals surface area contributed by atoms with Crippen molar-refractivity contribution >= 4 is 63.3 Å². The highest BCUT2D eigenvalue weighted by atomic mass is 32.2. The molecule has 7 aliphatic heterocycles. The first-order valence-corrected chi connectivity index (χ1v) is 51.6. The summed E-state index contributed by atoms with van der Waals surface area (Å²) in [5.41, 5.74) is 22.6. The number of hydrogen-bond donors (Lipinski definition) is 4. The van der Waals surface area contributed by atoms with Gasteiger partial charge in [-0.05, 0) is 222 Å². The number of Topliss-reactive ketones (excluding diaryl/α,β-unsaturated/α-hetero) is 1. The van der Waals surface area contributed by atoms with Crippen LogP contribution >= 0.6 is 0 Å². The van der Waals surface area contributed by atoms with Crippen LogP contribution in [-0.2, 0) is 149 Å². The van der Waals surface area contributed by atoms with Gasteiger partial charge < -0.3 is 30.0 Å². The number of ketones is 1. The molecule has 4 aromatic heterocycles. The van der Waals surface area contributed by atoms with Crippen LogP contribution in [0.25, 0.3) is 0 Å². The predicted molar refractivity (Wildman–Crippen MR) is 488 cm³/mol. The minimum absolute atomic E-state index is 0.0161. The molecule has 0 bridgehead atoms. The Kier molecular flexibility index (Phi) is 28.5. The van der Waals surface area contributed by atoms with Crippen molar-refractivity contribution < 1.29 is 62.2 Å². The average Bonchev–Trinajstić information content (AvgIpc) is 1.63. The highest BCUT2D eigenvalue weighted by Crippen LogP contribution is 2.42. The van der Waals surface area contributed by atoms with Gasteiger partial charge >= 0.3 is 6.03 Å². The molecule has 31 nitrogen and oxygen atoms in total. The van der Waals surface area contributed by atoms with E-state index in [1.165, 1.54) is 181 Å². The third-order valence-electron chi connectivity index (χ3n) is 26.4. The molecule has 0 radical (unpaired) electrons. The molecule has 686 valence electrons. The van der Waals surface area contributed by atoms with Crippen LogP contribution < -0.4 is 39.9 Å². The zero-order valence-electron chi connectivity index (χ0n) is 73.1. The maximum atomic E-state index is 13.8. The quantitative estimate of drug-likeness (QED) is 0.0546. The molecule has 6 N–H and O–H groups in total. The molecule has 3 unspecified atom stereocenters. The number of benzene rings is 6. The summed E-state index contributed by atoms with van der Waals surface area (Å²) in [6.07, 6.45) is 33.4. The summed E-state index contributed by atoms with van der Waals surface area (Å²) >= 11 is 0. The number of anilines is 2. The fourth-order valence-electron chi connectivity index (χ4n) is 19.8. The van der Waals surface area contributed by atoms with Crippen molar-refractivity contribution in [3.05, 3.63) is 225 Å². The average molecular weight is 1840 g/mol. The number of urea groups is 1. The van der Waals surface area contributed by atoms with Crippen LogP contribution in [0.5, 0.6) is 23.5 Å². The van der Waals surface area contributed by atoms with Crippen molar-refractivity contribution in [1.29, 1.82) is 0 Å². The van der Waals surface area contributed by atoms with E-state index < -0.39 is 46.1 Å². The Labute approximate surface area is 756 Å². The Bertz CT molecular complexity index is 5920. The first kappa shape index (κ1) is 90.6. The molecule has 2 amide bonds. The fraction of sp³-hybridized carbons (Fsp3) is 0.468. The SMILES string of the molecule is C1CCCC1.NS(=O)(=O)c1cnn2c1OCC(N1CCCC1)C2.Nc1c2c(cc3c1CCC3)CCC2.O=C(Nc1c2c(cc3c1CCC3)CCC2)NS(=O)(=O)c1cnn2c1OCC(N1CCCC1)C2.O=C1COc2c(S(=O)(=O)N(Cc3ccccc3)Cc3ccccc3)cnn2C1.O=S(=O)(c1cnn2c1OCC(N1CCCC1)C2)N(Cc1ccccc1)Cc1ccccc1.